The van der Waals surface area contributed by atoms with Crippen molar-refractivity contribution in [1.29, 1.82) is 0 Å². The number of halogens is 2. The maximum atomic E-state index is 6.05. The zero-order valence-electron chi connectivity index (χ0n) is 10.5. The van der Waals surface area contributed by atoms with Crippen molar-refractivity contribution in [2.45, 2.75) is 19.2 Å². The predicted molar refractivity (Wildman–Crippen MR) is 76.8 cm³/mol. The standard InChI is InChI=1S/C13H15ClN2O.ClH/c1-8(14)12-9(2)15-13(16-12)10-4-6-11(17-3)7-5-10;/h4-8H,1-3H3,(H,15,16);1H. The molecule has 0 amide bonds. The van der Waals surface area contributed by atoms with Crippen LogP contribution in [-0.4, -0.2) is 17.1 Å². The highest BCUT2D eigenvalue weighted by Crippen LogP contribution is 2.26. The Morgan fingerprint density at radius 3 is 2.33 bits per heavy atom. The van der Waals surface area contributed by atoms with Crippen LogP contribution in [0.1, 0.15) is 23.7 Å². The van der Waals surface area contributed by atoms with Crippen LogP contribution in [0.15, 0.2) is 24.3 Å². The number of aryl methyl sites for hydroxylation is 1. The van der Waals surface area contributed by atoms with E-state index >= 15 is 0 Å². The van der Waals surface area contributed by atoms with Crippen LogP contribution in [0.2, 0.25) is 0 Å². The number of H-pyrrole nitrogens is 1. The molecule has 2 aromatic rings. The van der Waals surface area contributed by atoms with Crippen LogP contribution in [0.5, 0.6) is 5.75 Å². The van der Waals surface area contributed by atoms with Crippen molar-refractivity contribution in [3.63, 3.8) is 0 Å². The average Bonchev–Trinajstić information content (AvgIpc) is 2.71. The minimum atomic E-state index is -0.0850. The molecule has 0 spiro atoms. The summed E-state index contributed by atoms with van der Waals surface area (Å²) >= 11 is 6.05. The van der Waals surface area contributed by atoms with E-state index in [0.29, 0.717) is 0 Å². The summed E-state index contributed by atoms with van der Waals surface area (Å²) in [5, 5.41) is -0.0850. The van der Waals surface area contributed by atoms with E-state index in [9.17, 15) is 0 Å². The Morgan fingerprint density at radius 2 is 1.89 bits per heavy atom. The third kappa shape index (κ3) is 2.98. The molecule has 1 aromatic carbocycles. The molecule has 0 bridgehead atoms. The molecule has 0 radical (unpaired) electrons. The Bertz CT molecular complexity index is 506. The van der Waals surface area contributed by atoms with Gasteiger partial charge in [-0.25, -0.2) is 4.98 Å². The van der Waals surface area contributed by atoms with Crippen molar-refractivity contribution >= 4 is 24.0 Å². The lowest BCUT2D eigenvalue weighted by Gasteiger charge is -2.00. The van der Waals surface area contributed by atoms with Crippen LogP contribution >= 0.6 is 24.0 Å². The summed E-state index contributed by atoms with van der Waals surface area (Å²) in [6.07, 6.45) is 0. The van der Waals surface area contributed by atoms with Crippen molar-refractivity contribution in [2.75, 3.05) is 7.11 Å². The molecule has 2 rings (SSSR count). The number of nitrogens with zero attached hydrogens (tertiary/aromatic N) is 1. The fourth-order valence-electron chi connectivity index (χ4n) is 1.75. The summed E-state index contributed by atoms with van der Waals surface area (Å²) in [6, 6.07) is 7.77. The van der Waals surface area contributed by atoms with Gasteiger partial charge in [0.15, 0.2) is 0 Å². The van der Waals surface area contributed by atoms with Crippen molar-refractivity contribution in [1.82, 2.24) is 9.97 Å². The molecule has 0 aliphatic heterocycles. The zero-order chi connectivity index (χ0) is 12.4. The van der Waals surface area contributed by atoms with Gasteiger partial charge >= 0.3 is 0 Å². The van der Waals surface area contributed by atoms with E-state index in [-0.39, 0.29) is 17.8 Å². The number of aromatic amines is 1. The smallest absolute Gasteiger partial charge is 0.137 e. The summed E-state index contributed by atoms with van der Waals surface area (Å²) in [5.41, 5.74) is 2.94. The summed E-state index contributed by atoms with van der Waals surface area (Å²) in [4.78, 5) is 7.75. The van der Waals surface area contributed by atoms with Gasteiger partial charge in [0.25, 0.3) is 0 Å². The van der Waals surface area contributed by atoms with Crippen LogP contribution in [-0.2, 0) is 0 Å². The van der Waals surface area contributed by atoms with Crippen molar-refractivity contribution in [3.05, 3.63) is 35.7 Å². The number of imidazole rings is 1. The first-order valence-electron chi connectivity index (χ1n) is 5.47. The SMILES string of the molecule is COc1ccc(-c2nc(C(C)Cl)c(C)[nH]2)cc1.Cl. The average molecular weight is 287 g/mol. The number of alkyl halides is 1. The van der Waals surface area contributed by atoms with Gasteiger partial charge in [0.05, 0.1) is 18.2 Å². The molecule has 1 N–H and O–H groups in total. The summed E-state index contributed by atoms with van der Waals surface area (Å²) in [6.45, 7) is 3.90. The molecule has 1 aromatic heterocycles. The maximum absolute atomic E-state index is 6.05. The molecule has 0 saturated heterocycles. The van der Waals surface area contributed by atoms with E-state index in [1.165, 1.54) is 0 Å². The van der Waals surface area contributed by atoms with Crippen LogP contribution in [0.4, 0.5) is 0 Å². The van der Waals surface area contributed by atoms with Gasteiger partial charge in [0.2, 0.25) is 0 Å². The molecule has 0 aliphatic carbocycles. The quantitative estimate of drug-likeness (QED) is 0.862. The van der Waals surface area contributed by atoms with Crippen molar-refractivity contribution in [3.8, 4) is 17.1 Å². The Balaban J connectivity index is 0.00000162. The number of hydrogen-bond donors (Lipinski definition) is 1. The molecule has 1 atom stereocenters. The molecule has 18 heavy (non-hydrogen) atoms. The minimum absolute atomic E-state index is 0. The van der Waals surface area contributed by atoms with Crippen molar-refractivity contribution in [2.24, 2.45) is 0 Å². The third-order valence-electron chi connectivity index (χ3n) is 2.66. The zero-order valence-corrected chi connectivity index (χ0v) is 12.1. The number of rotatable bonds is 3. The van der Waals surface area contributed by atoms with Crippen LogP contribution < -0.4 is 4.74 Å². The second kappa shape index (κ2) is 6.12. The molecule has 5 heteroatoms. The van der Waals surface area contributed by atoms with E-state index in [0.717, 1.165) is 28.5 Å². The Hall–Kier alpha value is -1.19. The maximum Gasteiger partial charge on any atom is 0.137 e. The topological polar surface area (TPSA) is 37.9 Å². The Morgan fingerprint density at radius 1 is 1.28 bits per heavy atom. The molecule has 98 valence electrons. The molecule has 0 fully saturated rings. The number of benzene rings is 1. The van der Waals surface area contributed by atoms with Crippen LogP contribution in [0, 0.1) is 6.92 Å². The number of methoxy groups -OCH3 is 1. The van der Waals surface area contributed by atoms with E-state index in [2.05, 4.69) is 9.97 Å². The van der Waals surface area contributed by atoms with Gasteiger partial charge in [-0.05, 0) is 38.1 Å². The van der Waals surface area contributed by atoms with E-state index in [1.807, 2.05) is 38.1 Å². The van der Waals surface area contributed by atoms with Gasteiger partial charge in [-0.2, -0.15) is 0 Å². The summed E-state index contributed by atoms with van der Waals surface area (Å²) in [5.74, 6) is 1.68. The van der Waals surface area contributed by atoms with Crippen LogP contribution in [0.25, 0.3) is 11.4 Å². The predicted octanol–water partition coefficient (Wildman–Crippen LogP) is 4.12. The fourth-order valence-corrected chi connectivity index (χ4v) is 1.96. The fraction of sp³-hybridized carbons (Fsp3) is 0.308. The third-order valence-corrected chi connectivity index (χ3v) is 2.87. The molecular formula is C13H16Cl2N2O. The largest absolute Gasteiger partial charge is 0.497 e. The highest BCUT2D eigenvalue weighted by Gasteiger charge is 2.12. The van der Waals surface area contributed by atoms with Gasteiger partial charge in [-0.15, -0.1) is 24.0 Å². The summed E-state index contributed by atoms with van der Waals surface area (Å²) in [7, 11) is 1.65. The second-order valence-electron chi connectivity index (χ2n) is 3.94. The monoisotopic (exact) mass is 286 g/mol. The number of ether oxygens (including phenoxy) is 1. The first-order valence-corrected chi connectivity index (χ1v) is 5.90. The first kappa shape index (κ1) is 14.9. The van der Waals surface area contributed by atoms with Gasteiger partial charge in [0, 0.05) is 11.3 Å². The van der Waals surface area contributed by atoms with Gasteiger partial charge in [-0.3, -0.25) is 0 Å². The first-order chi connectivity index (χ1) is 8.11. The number of nitrogens with one attached hydrogen (secondary N) is 1. The molecule has 0 aliphatic rings. The highest BCUT2D eigenvalue weighted by atomic mass is 35.5. The normalized spacial score (nSPS) is 11.8. The molecule has 1 unspecified atom stereocenters. The Kier molecular flexibility index (Phi) is 5.05. The molecule has 1 heterocycles. The van der Waals surface area contributed by atoms with Crippen molar-refractivity contribution < 1.29 is 4.74 Å². The van der Waals surface area contributed by atoms with Gasteiger partial charge < -0.3 is 9.72 Å². The molecule has 0 saturated carbocycles. The Labute approximate surface area is 118 Å². The lowest BCUT2D eigenvalue weighted by molar-refractivity contribution is 0.415. The van der Waals surface area contributed by atoms with Crippen LogP contribution in [0.3, 0.4) is 0 Å². The lowest BCUT2D eigenvalue weighted by atomic mass is 10.2. The number of hydrogen-bond acceptors (Lipinski definition) is 2. The van der Waals surface area contributed by atoms with E-state index < -0.39 is 0 Å². The second-order valence-corrected chi connectivity index (χ2v) is 4.59. The minimum Gasteiger partial charge on any atom is -0.497 e. The number of aromatic nitrogens is 2. The van der Waals surface area contributed by atoms with Gasteiger partial charge in [-0.1, -0.05) is 0 Å². The molecular weight excluding hydrogens is 271 g/mol. The van der Waals surface area contributed by atoms with Gasteiger partial charge in [0.1, 0.15) is 11.6 Å². The lowest BCUT2D eigenvalue weighted by Crippen LogP contribution is -1.87. The summed E-state index contributed by atoms with van der Waals surface area (Å²) < 4.78 is 5.12. The van der Waals surface area contributed by atoms with E-state index in [1.54, 1.807) is 7.11 Å². The molecule has 3 nitrogen and oxygen atoms in total. The van der Waals surface area contributed by atoms with E-state index in [4.69, 9.17) is 16.3 Å². The highest BCUT2D eigenvalue weighted by molar-refractivity contribution is 6.20.